The maximum atomic E-state index is 13.6. The lowest BCUT2D eigenvalue weighted by Gasteiger charge is -2.36. The van der Waals surface area contributed by atoms with Gasteiger partial charge < -0.3 is 10.6 Å². The topological polar surface area (TPSA) is 123 Å². The van der Waals surface area contributed by atoms with Crippen molar-refractivity contribution in [1.29, 1.82) is 0 Å². The third-order valence-electron chi connectivity index (χ3n) is 7.34. The van der Waals surface area contributed by atoms with Crippen molar-refractivity contribution >= 4 is 38.9 Å². The highest BCUT2D eigenvalue weighted by molar-refractivity contribution is 7.91. The van der Waals surface area contributed by atoms with Crippen molar-refractivity contribution in [3.05, 3.63) is 77.1 Å². The van der Waals surface area contributed by atoms with Crippen molar-refractivity contribution < 1.29 is 44.3 Å². The Kier molecular flexibility index (Phi) is 8.33. The molecule has 3 heterocycles. The molecule has 0 unspecified atom stereocenters. The van der Waals surface area contributed by atoms with E-state index in [1.165, 1.54) is 22.8 Å². The van der Waals surface area contributed by atoms with Crippen LogP contribution in [0.3, 0.4) is 0 Å². The number of carbonyl (C=O) groups is 2. The van der Waals surface area contributed by atoms with Gasteiger partial charge >= 0.3 is 12.4 Å². The van der Waals surface area contributed by atoms with Gasteiger partial charge in [-0.2, -0.15) is 31.4 Å². The number of fused-ring (bicyclic) bond motifs is 1. The van der Waals surface area contributed by atoms with Crippen LogP contribution < -0.4 is 10.6 Å². The van der Waals surface area contributed by atoms with Crippen molar-refractivity contribution in [2.75, 3.05) is 18.1 Å². The Morgan fingerprint density at radius 3 is 2.18 bits per heavy atom. The second-order valence-electron chi connectivity index (χ2n) is 10.4. The molecule has 0 bridgehead atoms. The standard InChI is InChI=1S/C28H22ClF6N5O4S/c29-21-4-2-1-3-18(21)19-13-36-23-20(14-38-40(23)22(19)16-5-7-17(8-6-16)28(33,34)35)24(41)39-26(9-11-45(43,44)12-10-26)25(42)37-15-27(30,31)32/h1-8,13-14H,9-12,15H2,(H,37,42)(H,39,41). The fraction of sp³-hybridized carbons (Fsp3) is 0.286. The summed E-state index contributed by atoms with van der Waals surface area (Å²) in [6, 6.07) is 10.7. The zero-order valence-corrected chi connectivity index (χ0v) is 24.4. The number of alkyl halides is 6. The van der Waals surface area contributed by atoms with Crippen LogP contribution in [0.4, 0.5) is 26.3 Å². The number of nitrogens with one attached hydrogen (secondary N) is 2. The lowest BCUT2D eigenvalue weighted by Crippen LogP contribution is -2.62. The summed E-state index contributed by atoms with van der Waals surface area (Å²) in [6.07, 6.45) is -7.92. The lowest BCUT2D eigenvalue weighted by atomic mass is 9.90. The fourth-order valence-electron chi connectivity index (χ4n) is 4.99. The molecule has 5 rings (SSSR count). The maximum Gasteiger partial charge on any atom is 0.416 e. The fourth-order valence-corrected chi connectivity index (χ4v) is 6.75. The second kappa shape index (κ2) is 11.6. The highest BCUT2D eigenvalue weighted by atomic mass is 35.5. The number of hydrogen-bond acceptors (Lipinski definition) is 6. The van der Waals surface area contributed by atoms with Gasteiger partial charge in [0.05, 0.1) is 29.0 Å². The van der Waals surface area contributed by atoms with Crippen LogP contribution in [-0.4, -0.2) is 64.6 Å². The highest BCUT2D eigenvalue weighted by Gasteiger charge is 2.46. The number of hydrogen-bond donors (Lipinski definition) is 2. The molecule has 2 N–H and O–H groups in total. The maximum absolute atomic E-state index is 13.6. The SMILES string of the molecule is O=C(NC1(C(=O)NCC(F)(F)F)CCS(=O)(=O)CC1)c1cnn2c(-c3ccc(C(F)(F)F)cc3)c(-c3ccccc3Cl)cnc12. The first-order valence-corrected chi connectivity index (χ1v) is 15.4. The largest absolute Gasteiger partial charge is 0.416 e. The van der Waals surface area contributed by atoms with E-state index < -0.39 is 76.0 Å². The van der Waals surface area contributed by atoms with E-state index in [1.54, 1.807) is 29.6 Å². The molecule has 1 fully saturated rings. The molecule has 1 saturated heterocycles. The number of rotatable bonds is 6. The third-order valence-corrected chi connectivity index (χ3v) is 9.32. The van der Waals surface area contributed by atoms with Gasteiger partial charge in [0, 0.05) is 27.9 Å². The van der Waals surface area contributed by atoms with Gasteiger partial charge in [-0.25, -0.2) is 17.9 Å². The van der Waals surface area contributed by atoms with Crippen molar-refractivity contribution in [1.82, 2.24) is 25.2 Å². The first-order valence-electron chi connectivity index (χ1n) is 13.2. The van der Waals surface area contributed by atoms with Gasteiger partial charge in [0.25, 0.3) is 5.91 Å². The predicted octanol–water partition coefficient (Wildman–Crippen LogP) is 5.09. The van der Waals surface area contributed by atoms with Gasteiger partial charge in [0.2, 0.25) is 5.91 Å². The van der Waals surface area contributed by atoms with E-state index in [2.05, 4.69) is 15.4 Å². The average molecular weight is 674 g/mol. The Morgan fingerprint density at radius 1 is 0.933 bits per heavy atom. The van der Waals surface area contributed by atoms with Gasteiger partial charge in [0.15, 0.2) is 15.5 Å². The van der Waals surface area contributed by atoms with Crippen LogP contribution in [0.2, 0.25) is 5.02 Å². The molecule has 2 aromatic carbocycles. The summed E-state index contributed by atoms with van der Waals surface area (Å²) in [7, 11) is -3.60. The quantitative estimate of drug-likeness (QED) is 0.275. The molecule has 238 valence electrons. The molecule has 4 aromatic rings. The van der Waals surface area contributed by atoms with Crippen molar-refractivity contribution in [3.63, 3.8) is 0 Å². The molecule has 0 saturated carbocycles. The zero-order valence-electron chi connectivity index (χ0n) is 22.8. The predicted molar refractivity (Wildman–Crippen MR) is 151 cm³/mol. The molecule has 2 amide bonds. The van der Waals surface area contributed by atoms with Crippen LogP contribution in [0.25, 0.3) is 28.0 Å². The number of nitrogens with zero attached hydrogens (tertiary/aromatic N) is 3. The molecular formula is C28H22ClF6N5O4S. The molecule has 2 aromatic heterocycles. The number of amides is 2. The minimum Gasteiger partial charge on any atom is -0.345 e. The molecule has 0 radical (unpaired) electrons. The van der Waals surface area contributed by atoms with Crippen LogP contribution in [0.15, 0.2) is 60.9 Å². The van der Waals surface area contributed by atoms with Gasteiger partial charge in [-0.15, -0.1) is 0 Å². The molecular weight excluding hydrogens is 652 g/mol. The number of aromatic nitrogens is 3. The van der Waals surface area contributed by atoms with Gasteiger partial charge in [0.1, 0.15) is 17.6 Å². The van der Waals surface area contributed by atoms with E-state index in [0.29, 0.717) is 11.1 Å². The minimum atomic E-state index is -4.76. The lowest BCUT2D eigenvalue weighted by molar-refractivity contribution is -0.142. The van der Waals surface area contributed by atoms with E-state index >= 15 is 0 Å². The van der Waals surface area contributed by atoms with E-state index in [9.17, 15) is 44.3 Å². The van der Waals surface area contributed by atoms with Crippen LogP contribution >= 0.6 is 11.6 Å². The van der Waals surface area contributed by atoms with Gasteiger partial charge in [-0.3, -0.25) is 9.59 Å². The highest BCUT2D eigenvalue weighted by Crippen LogP contribution is 2.38. The Hall–Kier alpha value is -4.18. The van der Waals surface area contributed by atoms with E-state index in [4.69, 9.17) is 11.6 Å². The van der Waals surface area contributed by atoms with Gasteiger partial charge in [-0.1, -0.05) is 41.9 Å². The number of halogens is 7. The summed E-state index contributed by atoms with van der Waals surface area (Å²) in [4.78, 5) is 30.9. The molecule has 1 aliphatic heterocycles. The van der Waals surface area contributed by atoms with E-state index in [-0.39, 0.29) is 27.5 Å². The molecule has 0 spiro atoms. The summed E-state index contributed by atoms with van der Waals surface area (Å²) in [5, 5.41) is 8.67. The van der Waals surface area contributed by atoms with Crippen LogP contribution in [-0.2, 0) is 20.8 Å². The number of carbonyl (C=O) groups excluding carboxylic acids is 2. The van der Waals surface area contributed by atoms with Crippen LogP contribution in [0.5, 0.6) is 0 Å². The summed E-state index contributed by atoms with van der Waals surface area (Å²) in [5.41, 5.74) is -1.96. The van der Waals surface area contributed by atoms with Crippen molar-refractivity contribution in [3.8, 4) is 22.4 Å². The molecule has 1 aliphatic rings. The molecule has 9 nitrogen and oxygen atoms in total. The smallest absolute Gasteiger partial charge is 0.345 e. The van der Waals surface area contributed by atoms with Crippen LogP contribution in [0, 0.1) is 0 Å². The Bertz CT molecular complexity index is 1880. The average Bonchev–Trinajstić information content (AvgIpc) is 3.41. The Labute approximate surface area is 256 Å². The Morgan fingerprint density at radius 2 is 1.58 bits per heavy atom. The summed E-state index contributed by atoms with van der Waals surface area (Å²) < 4.78 is 104. The molecule has 0 atom stereocenters. The third kappa shape index (κ3) is 6.76. The Balaban J connectivity index is 1.59. The van der Waals surface area contributed by atoms with Crippen molar-refractivity contribution in [2.24, 2.45) is 0 Å². The molecule has 45 heavy (non-hydrogen) atoms. The summed E-state index contributed by atoms with van der Waals surface area (Å²) in [5.74, 6) is -3.31. The van der Waals surface area contributed by atoms with Crippen molar-refractivity contribution in [2.45, 2.75) is 30.7 Å². The minimum absolute atomic E-state index is 0.104. The summed E-state index contributed by atoms with van der Waals surface area (Å²) >= 11 is 6.42. The summed E-state index contributed by atoms with van der Waals surface area (Å²) in [6.45, 7) is -1.70. The molecule has 17 heteroatoms. The number of benzene rings is 2. The normalized spacial score (nSPS) is 16.3. The monoisotopic (exact) mass is 673 g/mol. The second-order valence-corrected chi connectivity index (χ2v) is 13.1. The first-order chi connectivity index (χ1) is 21.0. The van der Waals surface area contributed by atoms with Crippen LogP contribution in [0.1, 0.15) is 28.8 Å². The number of sulfone groups is 1. The first kappa shape index (κ1) is 32.2. The van der Waals surface area contributed by atoms with Gasteiger partial charge in [-0.05, 0) is 31.0 Å². The van der Waals surface area contributed by atoms with E-state index in [1.807, 2.05) is 0 Å². The molecule has 0 aliphatic carbocycles. The zero-order chi connectivity index (χ0) is 32.8. The van der Waals surface area contributed by atoms with E-state index in [0.717, 1.165) is 18.3 Å².